The summed E-state index contributed by atoms with van der Waals surface area (Å²) in [6.07, 6.45) is -5.47. The minimum Gasteiger partial charge on any atom is -0.381 e. The molecule has 2 N–H and O–H groups in total. The summed E-state index contributed by atoms with van der Waals surface area (Å²) in [5, 5.41) is 0. The lowest BCUT2D eigenvalue weighted by Crippen LogP contribution is -2.47. The smallest absolute Gasteiger partial charge is 0.381 e. The van der Waals surface area contributed by atoms with Crippen molar-refractivity contribution in [3.05, 3.63) is 0 Å². The summed E-state index contributed by atoms with van der Waals surface area (Å²) in [4.78, 5) is 21.2. The van der Waals surface area contributed by atoms with Crippen LogP contribution in [-0.2, 0) is 65.1 Å². The van der Waals surface area contributed by atoms with Gasteiger partial charge in [0.1, 0.15) is 77.0 Å². The molecule has 5 unspecified atom stereocenters. The third kappa shape index (κ3) is 5.27. The first-order chi connectivity index (χ1) is 19.3. The van der Waals surface area contributed by atoms with E-state index in [0.29, 0.717) is 0 Å². The maximum atomic E-state index is 13.1. The zero-order chi connectivity index (χ0) is 29.4. The molecule has 6 saturated heterocycles. The Bertz CT molecular complexity index is 1110. The second-order valence-electron chi connectivity index (χ2n) is 10.9. The maximum absolute atomic E-state index is 13.1. The molecule has 0 aromatic rings. The van der Waals surface area contributed by atoms with E-state index < -0.39 is 100 Å². The van der Waals surface area contributed by atoms with E-state index in [-0.39, 0.29) is 26.4 Å². The van der Waals surface area contributed by atoms with Crippen molar-refractivity contribution in [2.45, 2.75) is 71.4 Å². The molecule has 41 heavy (non-hydrogen) atoms. The Kier molecular flexibility index (Phi) is 8.24. The summed E-state index contributed by atoms with van der Waals surface area (Å²) >= 11 is 0. The Morgan fingerprint density at radius 1 is 0.683 bits per heavy atom. The predicted molar refractivity (Wildman–Crippen MR) is 133 cm³/mol. The largest absolute Gasteiger partial charge is 0.472 e. The average Bonchev–Trinajstić information content (AvgIpc) is 3.69. The quantitative estimate of drug-likeness (QED) is 0.165. The third-order valence-corrected chi connectivity index (χ3v) is 10.1. The summed E-state index contributed by atoms with van der Waals surface area (Å²) in [7, 11) is 11.0. The summed E-state index contributed by atoms with van der Waals surface area (Å²) in [6.45, 7) is -1.32. The Labute approximate surface area is 239 Å². The van der Waals surface area contributed by atoms with Gasteiger partial charge in [-0.05, 0) is 0 Å². The summed E-state index contributed by atoms with van der Waals surface area (Å²) in [6, 6.07) is -2.83. The Balaban J connectivity index is 1.11. The van der Waals surface area contributed by atoms with Crippen molar-refractivity contribution in [2.24, 2.45) is 0 Å². The first-order valence-electron chi connectivity index (χ1n) is 12.8. The van der Waals surface area contributed by atoms with Gasteiger partial charge in [0, 0.05) is 32.2 Å². The number of hydrogen-bond donors (Lipinski definition) is 2. The van der Waals surface area contributed by atoms with E-state index in [1.54, 1.807) is 0 Å². The van der Waals surface area contributed by atoms with Gasteiger partial charge in [0.15, 0.2) is 0 Å². The van der Waals surface area contributed by atoms with Crippen molar-refractivity contribution in [3.63, 3.8) is 0 Å². The molecule has 0 saturated carbocycles. The number of phosphoric ester groups is 2. The molecule has 6 heterocycles. The van der Waals surface area contributed by atoms with E-state index in [4.69, 9.17) is 79.5 Å². The fraction of sp³-hybridized carbons (Fsp3) is 1.00. The molecule has 0 aliphatic carbocycles. The summed E-state index contributed by atoms with van der Waals surface area (Å²) in [5.74, 6) is 0. The van der Waals surface area contributed by atoms with Gasteiger partial charge < -0.3 is 47.7 Å². The van der Waals surface area contributed by atoms with E-state index in [0.717, 1.165) is 0 Å². The number of phosphoric acid groups is 2. The normalized spacial score (nSPS) is 50.9. The third-order valence-electron chi connectivity index (χ3n) is 8.17. The van der Waals surface area contributed by atoms with E-state index in [1.165, 1.54) is 14.2 Å². The second kappa shape index (κ2) is 10.9. The molecule has 0 amide bonds. The standard InChI is InChI=1S/C20H29B3O16P2/c1-28-3-18-4-31-10(16(22)35-18)13(18)38-41(26,27)34-8-20-6-32-11(17(23)37-20)14(20)39-40(24,25)33-7-19-5-30-9(12(19)29-2)15(21)36-19/h9-17H,3-8H2,1-2H3,(H,24,25)(H,26,27)/t9?,10?,11?,12-,13-,14-,15-,16-,17-,18+,19-,20-/m1/s1. The van der Waals surface area contributed by atoms with Crippen LogP contribution in [0.2, 0.25) is 0 Å². The van der Waals surface area contributed by atoms with Crippen LogP contribution in [0.1, 0.15) is 0 Å². The molecule has 16 nitrogen and oxygen atoms in total. The van der Waals surface area contributed by atoms with E-state index in [9.17, 15) is 18.9 Å². The van der Waals surface area contributed by atoms with Crippen molar-refractivity contribution in [1.29, 1.82) is 0 Å². The van der Waals surface area contributed by atoms with Crippen LogP contribution in [0.15, 0.2) is 0 Å². The molecule has 6 aliphatic heterocycles. The Morgan fingerprint density at radius 2 is 1.05 bits per heavy atom. The van der Waals surface area contributed by atoms with Crippen LogP contribution in [0.5, 0.6) is 0 Å². The average molecular weight is 620 g/mol. The zero-order valence-corrected chi connectivity index (χ0v) is 24.0. The molecule has 21 heteroatoms. The fourth-order valence-corrected chi connectivity index (χ4v) is 8.43. The van der Waals surface area contributed by atoms with E-state index >= 15 is 0 Å². The molecule has 0 aromatic heterocycles. The molecule has 224 valence electrons. The van der Waals surface area contributed by atoms with Crippen LogP contribution in [0, 0.1) is 0 Å². The number of methoxy groups -OCH3 is 2. The molecule has 14 atom stereocenters. The maximum Gasteiger partial charge on any atom is 0.472 e. The highest BCUT2D eigenvalue weighted by Gasteiger charge is 2.66. The lowest BCUT2D eigenvalue weighted by Gasteiger charge is -2.33. The van der Waals surface area contributed by atoms with Crippen LogP contribution < -0.4 is 0 Å². The van der Waals surface area contributed by atoms with Gasteiger partial charge in [-0.2, -0.15) is 0 Å². The van der Waals surface area contributed by atoms with Gasteiger partial charge in [0.05, 0.1) is 39.6 Å². The van der Waals surface area contributed by atoms with Gasteiger partial charge >= 0.3 is 15.6 Å². The van der Waals surface area contributed by atoms with E-state index in [1.807, 2.05) is 0 Å². The minimum atomic E-state index is -4.84. The molecule has 6 radical (unpaired) electrons. The predicted octanol–water partition coefficient (Wildman–Crippen LogP) is -2.36. The lowest BCUT2D eigenvalue weighted by molar-refractivity contribution is -0.145. The van der Waals surface area contributed by atoms with Crippen molar-refractivity contribution < 1.29 is 74.9 Å². The molecule has 6 rings (SSSR count). The molecule has 6 bridgehead atoms. The molecular weight excluding hydrogens is 591 g/mol. The Hall–Kier alpha value is 0.0948. The fourth-order valence-electron chi connectivity index (χ4n) is 6.35. The summed E-state index contributed by atoms with van der Waals surface area (Å²) < 4.78 is 91.9. The molecule has 0 spiro atoms. The SMILES string of the molecule is [B][C@@H]1O[C@@]2(COP(=O)(O)O[C@@H]3C4OC[C@]3(COP(=O)(O)O[C@@H]3C5OC[C@]3(COC)O[C@H]5[B])O[C@H]4[B])COC1[C@H]2OC. The number of hydrogen-bond acceptors (Lipinski definition) is 14. The highest BCUT2D eigenvalue weighted by molar-refractivity contribution is 7.47. The second-order valence-corrected chi connectivity index (χ2v) is 13.7. The highest BCUT2D eigenvalue weighted by atomic mass is 31.2. The zero-order valence-electron chi connectivity index (χ0n) is 22.2. The minimum absolute atomic E-state index is 0.0167. The van der Waals surface area contributed by atoms with Crippen molar-refractivity contribution >= 4 is 39.2 Å². The van der Waals surface area contributed by atoms with Crippen molar-refractivity contribution in [3.8, 4) is 0 Å². The van der Waals surface area contributed by atoms with Crippen molar-refractivity contribution in [1.82, 2.24) is 0 Å². The van der Waals surface area contributed by atoms with Gasteiger partial charge in [-0.3, -0.25) is 18.1 Å². The van der Waals surface area contributed by atoms with Crippen LogP contribution in [0.25, 0.3) is 0 Å². The van der Waals surface area contributed by atoms with Crippen molar-refractivity contribution in [2.75, 3.05) is 53.9 Å². The van der Waals surface area contributed by atoms with Gasteiger partial charge in [-0.1, -0.05) is 0 Å². The molecule has 6 aliphatic rings. The van der Waals surface area contributed by atoms with Crippen LogP contribution in [0.3, 0.4) is 0 Å². The van der Waals surface area contributed by atoms with Crippen LogP contribution >= 0.6 is 15.6 Å². The Morgan fingerprint density at radius 3 is 1.41 bits per heavy atom. The monoisotopic (exact) mass is 620 g/mol. The van der Waals surface area contributed by atoms with Gasteiger partial charge in [0.2, 0.25) is 0 Å². The molecule has 0 aromatic carbocycles. The summed E-state index contributed by atoms with van der Waals surface area (Å²) in [5.41, 5.74) is -4.09. The van der Waals surface area contributed by atoms with Crippen LogP contribution in [0.4, 0.5) is 0 Å². The number of rotatable bonds is 13. The van der Waals surface area contributed by atoms with E-state index in [2.05, 4.69) is 0 Å². The first-order valence-corrected chi connectivity index (χ1v) is 15.8. The van der Waals surface area contributed by atoms with Gasteiger partial charge in [-0.25, -0.2) is 9.13 Å². The molecular formula is C20H29B3O16P2. The lowest BCUT2D eigenvalue weighted by atomic mass is 9.92. The van der Waals surface area contributed by atoms with Crippen LogP contribution in [-0.4, -0.2) is 159 Å². The number of fused-ring (bicyclic) bond motifs is 6. The van der Waals surface area contributed by atoms with Gasteiger partial charge in [0.25, 0.3) is 0 Å². The number of ether oxygens (including phenoxy) is 8. The molecule has 6 fully saturated rings. The first kappa shape index (κ1) is 31.1. The topological polar surface area (TPSA) is 185 Å². The highest BCUT2D eigenvalue weighted by Crippen LogP contribution is 2.57. The van der Waals surface area contributed by atoms with Gasteiger partial charge in [-0.15, -0.1) is 0 Å².